The molecule has 1 saturated carbocycles. The first-order chi connectivity index (χ1) is 21.4. The van der Waals surface area contributed by atoms with Gasteiger partial charge in [-0.25, -0.2) is 26.6 Å². The number of anilines is 2. The zero-order chi connectivity index (χ0) is 32.0. The quantitative estimate of drug-likeness (QED) is 0.249. The van der Waals surface area contributed by atoms with E-state index in [1.165, 1.54) is 6.07 Å². The maximum atomic E-state index is 15.8. The molecule has 0 amide bonds. The van der Waals surface area contributed by atoms with Gasteiger partial charge in [-0.05, 0) is 81.7 Å². The van der Waals surface area contributed by atoms with E-state index in [9.17, 15) is 12.8 Å². The van der Waals surface area contributed by atoms with Crippen LogP contribution >= 0.6 is 0 Å². The summed E-state index contributed by atoms with van der Waals surface area (Å²) in [6, 6.07) is 5.52. The summed E-state index contributed by atoms with van der Waals surface area (Å²) in [5.74, 6) is -2.66. The SMILES string of the molecule is Cc1ccc(F)c(S(=O)(=O)Nc2cc(F)c(-c3nn(C(C)C)c4c3c(N)ncc4[C@H]3CC[C@H](N4CCOCC4)CC3)cc2F)c1. The summed E-state index contributed by atoms with van der Waals surface area (Å²) >= 11 is 0. The molecule has 45 heavy (non-hydrogen) atoms. The highest BCUT2D eigenvalue weighted by Gasteiger charge is 2.32. The van der Waals surface area contributed by atoms with Crippen LogP contribution in [-0.4, -0.2) is 60.4 Å². The standard InChI is InChI=1S/C32H37F3N6O3S/c1-18(2)41-31-23(20-5-7-21(8-6-20)40-10-12-44-13-11-40)17-37-32(36)29(31)30(38-41)22-15-26(35)27(16-25(22)34)39-45(42,43)28-14-19(3)4-9-24(28)33/h4,9,14-18,20-21,39H,5-8,10-13H2,1-3H3,(H2,36,37)/t20-,21-. The number of halogens is 3. The highest BCUT2D eigenvalue weighted by molar-refractivity contribution is 7.92. The Hall–Kier alpha value is -3.68. The number of benzene rings is 2. The molecule has 6 rings (SSSR count). The van der Waals surface area contributed by atoms with Gasteiger partial charge in [0.05, 0.1) is 29.8 Å². The molecular weight excluding hydrogens is 605 g/mol. The summed E-state index contributed by atoms with van der Waals surface area (Å²) in [4.78, 5) is 6.31. The second-order valence-electron chi connectivity index (χ2n) is 12.2. The van der Waals surface area contributed by atoms with Gasteiger partial charge in [0.1, 0.15) is 33.9 Å². The number of pyridine rings is 1. The summed E-state index contributed by atoms with van der Waals surface area (Å²) < 4.78 is 80.7. The number of nitrogens with one attached hydrogen (secondary N) is 1. The van der Waals surface area contributed by atoms with Crippen LogP contribution in [0.25, 0.3) is 22.2 Å². The molecule has 0 bridgehead atoms. The third-order valence-corrected chi connectivity index (χ3v) is 10.3. The molecule has 2 aromatic carbocycles. The molecule has 2 aromatic heterocycles. The van der Waals surface area contributed by atoms with E-state index in [2.05, 4.69) is 9.88 Å². The molecule has 1 saturated heterocycles. The lowest BCUT2D eigenvalue weighted by atomic mass is 9.81. The molecule has 13 heteroatoms. The van der Waals surface area contributed by atoms with Gasteiger partial charge in [0.2, 0.25) is 0 Å². The Morgan fingerprint density at radius 2 is 1.71 bits per heavy atom. The van der Waals surface area contributed by atoms with Crippen molar-refractivity contribution < 1.29 is 26.3 Å². The molecule has 2 aliphatic rings. The zero-order valence-corrected chi connectivity index (χ0v) is 26.3. The lowest BCUT2D eigenvalue weighted by Crippen LogP contribution is -2.44. The molecule has 9 nitrogen and oxygen atoms in total. The van der Waals surface area contributed by atoms with Crippen molar-refractivity contribution in [1.82, 2.24) is 19.7 Å². The lowest BCUT2D eigenvalue weighted by molar-refractivity contribution is 0.00731. The van der Waals surface area contributed by atoms with Crippen molar-refractivity contribution in [2.24, 2.45) is 0 Å². The highest BCUT2D eigenvalue weighted by atomic mass is 32.2. The van der Waals surface area contributed by atoms with Gasteiger partial charge in [0, 0.05) is 43.0 Å². The molecule has 1 aliphatic heterocycles. The van der Waals surface area contributed by atoms with Crippen LogP contribution in [0.1, 0.15) is 62.6 Å². The van der Waals surface area contributed by atoms with Gasteiger partial charge in [0.25, 0.3) is 10.0 Å². The number of nitrogens with two attached hydrogens (primary N) is 1. The smallest absolute Gasteiger partial charge is 0.264 e. The van der Waals surface area contributed by atoms with Crippen molar-refractivity contribution in [2.75, 3.05) is 36.8 Å². The number of aryl methyl sites for hydroxylation is 1. The van der Waals surface area contributed by atoms with E-state index in [4.69, 9.17) is 15.6 Å². The number of nitrogens with zero attached hydrogens (tertiary/aromatic N) is 4. The Kier molecular flexibility index (Phi) is 8.53. The molecule has 0 atom stereocenters. The number of morpholine rings is 1. The number of nitrogen functional groups attached to an aromatic ring is 1. The summed E-state index contributed by atoms with van der Waals surface area (Å²) in [5.41, 5.74) is 7.85. The highest BCUT2D eigenvalue weighted by Crippen LogP contribution is 2.43. The maximum absolute atomic E-state index is 15.8. The molecule has 4 aromatic rings. The minimum atomic E-state index is -4.55. The van der Waals surface area contributed by atoms with E-state index in [1.54, 1.807) is 17.8 Å². The molecule has 240 valence electrons. The van der Waals surface area contributed by atoms with E-state index < -0.39 is 38.1 Å². The number of ether oxygens (including phenoxy) is 1. The van der Waals surface area contributed by atoms with Crippen molar-refractivity contribution >= 4 is 32.4 Å². The fourth-order valence-corrected chi connectivity index (χ4v) is 7.82. The average Bonchev–Trinajstić information content (AvgIpc) is 3.42. The van der Waals surface area contributed by atoms with Crippen LogP contribution in [0.5, 0.6) is 0 Å². The molecular formula is C32H37F3N6O3S. The van der Waals surface area contributed by atoms with Crippen LogP contribution in [0.15, 0.2) is 41.4 Å². The molecule has 0 unspecified atom stereocenters. The topological polar surface area (TPSA) is 115 Å². The number of rotatable bonds is 7. The van der Waals surface area contributed by atoms with Crippen LogP contribution in [0.3, 0.4) is 0 Å². The maximum Gasteiger partial charge on any atom is 0.264 e. The largest absolute Gasteiger partial charge is 0.383 e. The molecule has 1 aliphatic carbocycles. The summed E-state index contributed by atoms with van der Waals surface area (Å²) in [7, 11) is -4.55. The number of sulfonamides is 1. The lowest BCUT2D eigenvalue weighted by Gasteiger charge is -2.39. The fourth-order valence-electron chi connectivity index (χ4n) is 6.60. The minimum absolute atomic E-state index is 0.114. The van der Waals surface area contributed by atoms with Crippen LogP contribution in [0.2, 0.25) is 0 Å². The molecule has 0 spiro atoms. The predicted molar refractivity (Wildman–Crippen MR) is 167 cm³/mol. The van der Waals surface area contributed by atoms with E-state index in [1.807, 2.05) is 18.6 Å². The van der Waals surface area contributed by atoms with Crippen molar-refractivity contribution in [3.8, 4) is 11.3 Å². The average molecular weight is 643 g/mol. The van der Waals surface area contributed by atoms with Gasteiger partial charge in [-0.1, -0.05) is 6.07 Å². The minimum Gasteiger partial charge on any atom is -0.383 e. The van der Waals surface area contributed by atoms with Crippen LogP contribution in [-0.2, 0) is 14.8 Å². The second kappa shape index (κ2) is 12.3. The summed E-state index contributed by atoms with van der Waals surface area (Å²) in [6.07, 6.45) is 5.73. The second-order valence-corrected chi connectivity index (χ2v) is 13.9. The van der Waals surface area contributed by atoms with E-state index in [0.717, 1.165) is 87.3 Å². The van der Waals surface area contributed by atoms with E-state index >= 15 is 8.78 Å². The van der Waals surface area contributed by atoms with E-state index in [-0.39, 0.29) is 29.0 Å². The first-order valence-corrected chi connectivity index (χ1v) is 16.7. The Morgan fingerprint density at radius 1 is 1.00 bits per heavy atom. The first-order valence-electron chi connectivity index (χ1n) is 15.2. The third-order valence-electron chi connectivity index (χ3n) is 8.90. The van der Waals surface area contributed by atoms with Crippen molar-refractivity contribution in [3.63, 3.8) is 0 Å². The number of fused-ring (bicyclic) bond motifs is 1. The monoisotopic (exact) mass is 642 g/mol. The summed E-state index contributed by atoms with van der Waals surface area (Å²) in [6.45, 7) is 8.89. The third kappa shape index (κ3) is 6.00. The Bertz CT molecular complexity index is 1850. The number of hydrogen-bond acceptors (Lipinski definition) is 7. The van der Waals surface area contributed by atoms with Crippen LogP contribution < -0.4 is 10.5 Å². The van der Waals surface area contributed by atoms with E-state index in [0.29, 0.717) is 17.0 Å². The van der Waals surface area contributed by atoms with Gasteiger partial charge >= 0.3 is 0 Å². The van der Waals surface area contributed by atoms with Gasteiger partial charge in [-0.15, -0.1) is 0 Å². The Morgan fingerprint density at radius 3 is 2.40 bits per heavy atom. The number of aromatic nitrogens is 3. The van der Waals surface area contributed by atoms with Gasteiger partial charge in [0.15, 0.2) is 0 Å². The van der Waals surface area contributed by atoms with Crippen molar-refractivity contribution in [2.45, 2.75) is 69.4 Å². The van der Waals surface area contributed by atoms with Gasteiger partial charge in [-0.2, -0.15) is 5.10 Å². The van der Waals surface area contributed by atoms with Crippen LogP contribution in [0.4, 0.5) is 24.7 Å². The van der Waals surface area contributed by atoms with Gasteiger partial charge in [-0.3, -0.25) is 14.3 Å². The number of hydrogen-bond donors (Lipinski definition) is 2. The Labute approximate surface area is 260 Å². The zero-order valence-electron chi connectivity index (χ0n) is 25.5. The van der Waals surface area contributed by atoms with Crippen LogP contribution in [0, 0.1) is 24.4 Å². The molecule has 0 radical (unpaired) electrons. The predicted octanol–water partition coefficient (Wildman–Crippen LogP) is 6.15. The first kappa shape index (κ1) is 31.3. The Balaban J connectivity index is 1.36. The molecule has 3 heterocycles. The normalized spacial score (nSPS) is 19.8. The molecule has 3 N–H and O–H groups in total. The van der Waals surface area contributed by atoms with Gasteiger partial charge < -0.3 is 10.5 Å². The summed E-state index contributed by atoms with van der Waals surface area (Å²) in [5, 5.41) is 5.14. The fraction of sp³-hybridized carbons (Fsp3) is 0.438. The molecule has 2 fully saturated rings. The van der Waals surface area contributed by atoms with Crippen molar-refractivity contribution in [1.29, 1.82) is 0 Å². The van der Waals surface area contributed by atoms with Crippen molar-refractivity contribution in [3.05, 3.63) is 65.1 Å².